The van der Waals surface area contributed by atoms with Crippen LogP contribution in [0.2, 0.25) is 0 Å². The molecule has 4 N–H and O–H groups in total. The van der Waals surface area contributed by atoms with Gasteiger partial charge in [-0.15, -0.1) is 0 Å². The zero-order chi connectivity index (χ0) is 10.9. The molecule has 0 spiro atoms. The monoisotopic (exact) mass is 215 g/mol. The smallest absolute Gasteiger partial charge is 0.314 e. The molecule has 1 unspecified atom stereocenters. The molecule has 1 fully saturated rings. The van der Waals surface area contributed by atoms with Crippen molar-refractivity contribution in [3.8, 4) is 0 Å². The molecule has 0 saturated carbocycles. The Bertz CT molecular complexity index is 182. The Morgan fingerprint density at radius 1 is 1.40 bits per heavy atom. The summed E-state index contributed by atoms with van der Waals surface area (Å²) in [4.78, 5) is 11.2. The largest absolute Gasteiger partial charge is 0.396 e. The molecule has 2 amide bonds. The summed E-state index contributed by atoms with van der Waals surface area (Å²) in [5, 5.41) is 17.4. The molecule has 1 aliphatic rings. The average molecular weight is 215 g/mol. The van der Waals surface area contributed by atoms with Gasteiger partial charge >= 0.3 is 6.03 Å². The van der Waals surface area contributed by atoms with Gasteiger partial charge in [0.2, 0.25) is 0 Å². The normalized spacial score (nSPS) is 21.0. The fourth-order valence-electron chi connectivity index (χ4n) is 1.66. The number of urea groups is 1. The molecule has 1 saturated heterocycles. The van der Waals surface area contributed by atoms with Crippen LogP contribution in [0.4, 0.5) is 4.79 Å². The molecule has 0 aromatic carbocycles. The van der Waals surface area contributed by atoms with E-state index in [0.29, 0.717) is 25.6 Å². The molecule has 0 radical (unpaired) electrons. The molecule has 0 bridgehead atoms. The van der Waals surface area contributed by atoms with E-state index >= 15 is 0 Å². The maximum atomic E-state index is 11.2. The van der Waals surface area contributed by atoms with E-state index in [1.165, 1.54) is 12.8 Å². The van der Waals surface area contributed by atoms with Crippen LogP contribution in [0.5, 0.6) is 0 Å². The summed E-state index contributed by atoms with van der Waals surface area (Å²) in [6, 6.07) is 0.276. The van der Waals surface area contributed by atoms with Crippen LogP contribution in [0.15, 0.2) is 0 Å². The second-order valence-electron chi connectivity index (χ2n) is 3.86. The maximum Gasteiger partial charge on any atom is 0.314 e. The van der Waals surface area contributed by atoms with E-state index in [1.807, 2.05) is 0 Å². The molecule has 1 atom stereocenters. The third kappa shape index (κ3) is 5.59. The molecule has 5 heteroatoms. The van der Waals surface area contributed by atoms with E-state index in [1.54, 1.807) is 0 Å². The zero-order valence-electron chi connectivity index (χ0n) is 9.09. The van der Waals surface area contributed by atoms with Crippen molar-refractivity contribution < 1.29 is 9.90 Å². The first-order chi connectivity index (χ1) is 7.33. The summed E-state index contributed by atoms with van der Waals surface area (Å²) in [7, 11) is 0. The lowest BCUT2D eigenvalue weighted by molar-refractivity contribution is 0.235. The fourth-order valence-corrected chi connectivity index (χ4v) is 1.66. The predicted octanol–water partition coefficient (Wildman–Crippen LogP) is -0.190. The van der Waals surface area contributed by atoms with Gasteiger partial charge in [0.05, 0.1) is 0 Å². The first kappa shape index (κ1) is 12.3. The van der Waals surface area contributed by atoms with Crippen LogP contribution in [0.25, 0.3) is 0 Å². The van der Waals surface area contributed by atoms with Gasteiger partial charge in [-0.25, -0.2) is 4.79 Å². The van der Waals surface area contributed by atoms with Crippen LogP contribution in [0.3, 0.4) is 0 Å². The quantitative estimate of drug-likeness (QED) is 0.480. The second kappa shape index (κ2) is 7.48. The second-order valence-corrected chi connectivity index (χ2v) is 3.86. The highest BCUT2D eigenvalue weighted by atomic mass is 16.3. The lowest BCUT2D eigenvalue weighted by Crippen LogP contribution is -2.46. The molecular formula is C10H21N3O2. The number of aliphatic hydroxyl groups excluding tert-OH is 1. The summed E-state index contributed by atoms with van der Waals surface area (Å²) in [5.41, 5.74) is 0. The van der Waals surface area contributed by atoms with Crippen LogP contribution in [0, 0.1) is 0 Å². The van der Waals surface area contributed by atoms with Gasteiger partial charge in [-0.1, -0.05) is 6.42 Å². The summed E-state index contributed by atoms with van der Waals surface area (Å²) in [5.74, 6) is 0. The summed E-state index contributed by atoms with van der Waals surface area (Å²) in [6.07, 6.45) is 4.22. The Labute approximate surface area is 90.6 Å². The Hall–Kier alpha value is -0.810. The van der Waals surface area contributed by atoms with Crippen LogP contribution in [-0.2, 0) is 0 Å². The van der Waals surface area contributed by atoms with Crippen molar-refractivity contribution in [3.05, 3.63) is 0 Å². The lowest BCUT2D eigenvalue weighted by Gasteiger charge is -2.23. The molecule has 1 heterocycles. The van der Waals surface area contributed by atoms with Crippen molar-refractivity contribution in [2.45, 2.75) is 31.7 Å². The van der Waals surface area contributed by atoms with Crippen LogP contribution < -0.4 is 16.0 Å². The van der Waals surface area contributed by atoms with Crippen LogP contribution in [-0.4, -0.2) is 43.4 Å². The van der Waals surface area contributed by atoms with E-state index in [0.717, 1.165) is 13.0 Å². The van der Waals surface area contributed by atoms with Crippen molar-refractivity contribution in [1.29, 1.82) is 0 Å². The van der Waals surface area contributed by atoms with Gasteiger partial charge in [0, 0.05) is 25.7 Å². The third-order valence-electron chi connectivity index (χ3n) is 2.54. The highest BCUT2D eigenvalue weighted by molar-refractivity contribution is 5.73. The van der Waals surface area contributed by atoms with Gasteiger partial charge in [-0.2, -0.15) is 0 Å². The van der Waals surface area contributed by atoms with Gasteiger partial charge in [0.15, 0.2) is 0 Å². The lowest BCUT2D eigenvalue weighted by atomic mass is 10.1. The molecule has 0 aromatic heterocycles. The number of rotatable bonds is 5. The van der Waals surface area contributed by atoms with E-state index < -0.39 is 0 Å². The van der Waals surface area contributed by atoms with E-state index in [2.05, 4.69) is 16.0 Å². The number of carbonyl (C=O) groups is 1. The average Bonchev–Trinajstić information content (AvgIpc) is 2.28. The number of nitrogens with one attached hydrogen (secondary N) is 3. The number of carbonyl (C=O) groups excluding carboxylic acids is 1. The number of aliphatic hydroxyl groups is 1. The van der Waals surface area contributed by atoms with Crippen molar-refractivity contribution in [1.82, 2.24) is 16.0 Å². The highest BCUT2D eigenvalue weighted by Crippen LogP contribution is 2.05. The molecular weight excluding hydrogens is 194 g/mol. The number of amides is 2. The Morgan fingerprint density at radius 3 is 2.93 bits per heavy atom. The van der Waals surface area contributed by atoms with Crippen molar-refractivity contribution >= 4 is 6.03 Å². The minimum atomic E-state index is -0.143. The molecule has 0 aliphatic carbocycles. The van der Waals surface area contributed by atoms with Crippen molar-refractivity contribution in [2.24, 2.45) is 0 Å². The fraction of sp³-hybridized carbons (Fsp3) is 0.900. The molecule has 5 nitrogen and oxygen atoms in total. The van der Waals surface area contributed by atoms with Gasteiger partial charge < -0.3 is 21.1 Å². The molecule has 1 aliphatic heterocycles. The minimum Gasteiger partial charge on any atom is -0.396 e. The Kier molecular flexibility index (Phi) is 6.11. The molecule has 0 aromatic rings. The molecule has 1 rings (SSSR count). The van der Waals surface area contributed by atoms with E-state index in [-0.39, 0.29) is 12.6 Å². The van der Waals surface area contributed by atoms with Crippen LogP contribution in [0.1, 0.15) is 25.7 Å². The van der Waals surface area contributed by atoms with Gasteiger partial charge in [-0.05, 0) is 25.8 Å². The van der Waals surface area contributed by atoms with E-state index in [4.69, 9.17) is 5.11 Å². The first-order valence-corrected chi connectivity index (χ1v) is 5.69. The zero-order valence-corrected chi connectivity index (χ0v) is 9.09. The summed E-state index contributed by atoms with van der Waals surface area (Å²) >= 11 is 0. The maximum absolute atomic E-state index is 11.2. The minimum absolute atomic E-state index is 0.116. The van der Waals surface area contributed by atoms with Crippen molar-refractivity contribution in [2.75, 3.05) is 26.2 Å². The molecule has 88 valence electrons. The number of hydrogen-bond acceptors (Lipinski definition) is 3. The van der Waals surface area contributed by atoms with Crippen LogP contribution >= 0.6 is 0 Å². The first-order valence-electron chi connectivity index (χ1n) is 5.69. The molecule has 15 heavy (non-hydrogen) atoms. The summed E-state index contributed by atoms with van der Waals surface area (Å²) < 4.78 is 0. The number of hydrogen-bond donors (Lipinski definition) is 4. The predicted molar refractivity (Wildman–Crippen MR) is 58.7 cm³/mol. The Morgan fingerprint density at radius 2 is 2.27 bits per heavy atom. The SMILES string of the molecule is O=C(NCCCO)NCC1CCCCN1. The highest BCUT2D eigenvalue weighted by Gasteiger charge is 2.12. The summed E-state index contributed by atoms with van der Waals surface area (Å²) in [6.45, 7) is 2.38. The number of piperidine rings is 1. The van der Waals surface area contributed by atoms with E-state index in [9.17, 15) is 4.79 Å². The standard InChI is InChI=1S/C10H21N3O2/c14-7-3-6-12-10(15)13-8-9-4-1-2-5-11-9/h9,11,14H,1-8H2,(H2,12,13,15). The topological polar surface area (TPSA) is 73.4 Å². The van der Waals surface area contributed by atoms with Crippen molar-refractivity contribution in [3.63, 3.8) is 0 Å². The Balaban J connectivity index is 2.00. The van der Waals surface area contributed by atoms with Gasteiger partial charge in [0.1, 0.15) is 0 Å². The third-order valence-corrected chi connectivity index (χ3v) is 2.54. The van der Waals surface area contributed by atoms with Gasteiger partial charge in [0.25, 0.3) is 0 Å². The van der Waals surface area contributed by atoms with Gasteiger partial charge in [-0.3, -0.25) is 0 Å².